The predicted octanol–water partition coefficient (Wildman–Crippen LogP) is 4.80. The van der Waals surface area contributed by atoms with Gasteiger partial charge >= 0.3 is 0 Å². The van der Waals surface area contributed by atoms with Crippen LogP contribution in [-0.4, -0.2) is 5.88 Å². The van der Waals surface area contributed by atoms with Gasteiger partial charge in [0.2, 0.25) is 0 Å². The Kier molecular flexibility index (Phi) is 4.12. The van der Waals surface area contributed by atoms with Crippen LogP contribution in [-0.2, 0) is 6.42 Å². The molecule has 1 aromatic rings. The molecule has 0 radical (unpaired) electrons. The van der Waals surface area contributed by atoms with Crippen LogP contribution < -0.4 is 0 Å². The van der Waals surface area contributed by atoms with Crippen LogP contribution in [0.25, 0.3) is 0 Å². The molecule has 0 aliphatic carbocycles. The van der Waals surface area contributed by atoms with Crippen LogP contribution in [0.4, 0.5) is 0 Å². The first kappa shape index (κ1) is 12.2. The van der Waals surface area contributed by atoms with Gasteiger partial charge in [-0.1, -0.05) is 49.2 Å². The number of rotatable bonds is 3. The van der Waals surface area contributed by atoms with Crippen molar-refractivity contribution in [3.05, 3.63) is 33.8 Å². The number of halogens is 3. The number of alkyl halides is 1. The van der Waals surface area contributed by atoms with E-state index in [1.807, 2.05) is 12.1 Å². The van der Waals surface area contributed by atoms with E-state index < -0.39 is 0 Å². The molecular formula is C11H13Cl3. The Hall–Kier alpha value is 0.0900. The maximum Gasteiger partial charge on any atom is 0.0624 e. The number of benzene rings is 1. The van der Waals surface area contributed by atoms with Gasteiger partial charge in [-0.2, -0.15) is 0 Å². The van der Waals surface area contributed by atoms with Crippen molar-refractivity contribution >= 4 is 34.8 Å². The molecular weight excluding hydrogens is 238 g/mol. The van der Waals surface area contributed by atoms with Crippen molar-refractivity contribution in [2.45, 2.75) is 20.3 Å². The van der Waals surface area contributed by atoms with Gasteiger partial charge < -0.3 is 0 Å². The molecule has 0 saturated heterocycles. The van der Waals surface area contributed by atoms with Crippen molar-refractivity contribution < 1.29 is 0 Å². The van der Waals surface area contributed by atoms with E-state index in [9.17, 15) is 0 Å². The summed E-state index contributed by atoms with van der Waals surface area (Å²) >= 11 is 17.9. The van der Waals surface area contributed by atoms with Crippen LogP contribution in [0.2, 0.25) is 10.0 Å². The highest BCUT2D eigenvalue weighted by atomic mass is 35.5. The molecule has 1 rings (SSSR count). The van der Waals surface area contributed by atoms with E-state index in [2.05, 4.69) is 13.8 Å². The first-order valence-corrected chi connectivity index (χ1v) is 5.74. The van der Waals surface area contributed by atoms with Gasteiger partial charge in [0.05, 0.1) is 10.0 Å². The van der Waals surface area contributed by atoms with Crippen LogP contribution in [0.3, 0.4) is 0 Å². The Morgan fingerprint density at radius 1 is 1.21 bits per heavy atom. The fourth-order valence-corrected chi connectivity index (χ4v) is 1.73. The van der Waals surface area contributed by atoms with E-state index in [4.69, 9.17) is 34.8 Å². The van der Waals surface area contributed by atoms with Crippen LogP contribution >= 0.6 is 34.8 Å². The zero-order valence-electron chi connectivity index (χ0n) is 8.28. The van der Waals surface area contributed by atoms with Crippen LogP contribution in [0.15, 0.2) is 18.2 Å². The Morgan fingerprint density at radius 3 is 2.43 bits per heavy atom. The predicted molar refractivity (Wildman–Crippen MR) is 64.7 cm³/mol. The zero-order chi connectivity index (χ0) is 10.8. The molecule has 0 atom stereocenters. The molecule has 0 N–H and O–H groups in total. The van der Waals surface area contributed by atoms with Gasteiger partial charge in [0.1, 0.15) is 0 Å². The molecule has 14 heavy (non-hydrogen) atoms. The SMILES string of the molecule is CC(C)(CCl)Cc1cccc(Cl)c1Cl. The Morgan fingerprint density at radius 2 is 1.86 bits per heavy atom. The first-order chi connectivity index (χ1) is 6.46. The van der Waals surface area contributed by atoms with Crippen LogP contribution in [0, 0.1) is 5.41 Å². The first-order valence-electron chi connectivity index (χ1n) is 4.45. The zero-order valence-corrected chi connectivity index (χ0v) is 10.5. The maximum atomic E-state index is 6.08. The molecule has 3 heteroatoms. The fraction of sp³-hybridized carbons (Fsp3) is 0.455. The summed E-state index contributed by atoms with van der Waals surface area (Å²) in [7, 11) is 0. The summed E-state index contributed by atoms with van der Waals surface area (Å²) in [6, 6.07) is 5.69. The molecule has 78 valence electrons. The highest BCUT2D eigenvalue weighted by Gasteiger charge is 2.19. The second-order valence-electron chi connectivity index (χ2n) is 4.19. The van der Waals surface area contributed by atoms with E-state index in [-0.39, 0.29) is 5.41 Å². The van der Waals surface area contributed by atoms with Crippen molar-refractivity contribution in [1.82, 2.24) is 0 Å². The Labute approximate surface area is 100 Å². The lowest BCUT2D eigenvalue weighted by Gasteiger charge is -2.22. The topological polar surface area (TPSA) is 0 Å². The van der Waals surface area contributed by atoms with E-state index in [1.54, 1.807) is 6.07 Å². The van der Waals surface area contributed by atoms with Crippen LogP contribution in [0.1, 0.15) is 19.4 Å². The van der Waals surface area contributed by atoms with E-state index in [1.165, 1.54) is 0 Å². The Bertz CT molecular complexity index is 318. The monoisotopic (exact) mass is 250 g/mol. The second kappa shape index (κ2) is 4.74. The summed E-state index contributed by atoms with van der Waals surface area (Å²) < 4.78 is 0. The normalized spacial score (nSPS) is 11.8. The van der Waals surface area contributed by atoms with Crippen molar-refractivity contribution in [2.24, 2.45) is 5.41 Å². The number of hydrogen-bond acceptors (Lipinski definition) is 0. The quantitative estimate of drug-likeness (QED) is 0.677. The summed E-state index contributed by atoms with van der Waals surface area (Å²) in [6.07, 6.45) is 0.843. The van der Waals surface area contributed by atoms with Gasteiger partial charge in [0.25, 0.3) is 0 Å². The van der Waals surface area contributed by atoms with Gasteiger partial charge in [-0.25, -0.2) is 0 Å². The van der Waals surface area contributed by atoms with Gasteiger partial charge in [-0.05, 0) is 23.5 Å². The molecule has 0 unspecified atom stereocenters. The molecule has 0 saturated carbocycles. The fourth-order valence-electron chi connectivity index (χ4n) is 1.25. The molecule has 0 aromatic heterocycles. The molecule has 1 aromatic carbocycles. The lowest BCUT2D eigenvalue weighted by Crippen LogP contribution is -2.17. The van der Waals surface area contributed by atoms with E-state index in [0.717, 1.165) is 12.0 Å². The summed E-state index contributed by atoms with van der Waals surface area (Å²) in [6.45, 7) is 4.22. The summed E-state index contributed by atoms with van der Waals surface area (Å²) in [5.41, 5.74) is 1.11. The van der Waals surface area contributed by atoms with Crippen molar-refractivity contribution in [3.8, 4) is 0 Å². The minimum atomic E-state index is 0.0515. The third kappa shape index (κ3) is 3.05. The average Bonchev–Trinajstić information content (AvgIpc) is 2.13. The number of hydrogen-bond donors (Lipinski definition) is 0. The van der Waals surface area contributed by atoms with Gasteiger partial charge in [0, 0.05) is 5.88 Å². The van der Waals surface area contributed by atoms with E-state index in [0.29, 0.717) is 15.9 Å². The molecule has 0 amide bonds. The molecule has 0 nitrogen and oxygen atoms in total. The third-order valence-corrected chi connectivity index (χ3v) is 3.64. The lowest BCUT2D eigenvalue weighted by molar-refractivity contribution is 0.418. The smallest absolute Gasteiger partial charge is 0.0624 e. The highest BCUT2D eigenvalue weighted by molar-refractivity contribution is 6.42. The molecule has 0 spiro atoms. The van der Waals surface area contributed by atoms with Crippen molar-refractivity contribution in [3.63, 3.8) is 0 Å². The molecule has 0 fully saturated rings. The summed E-state index contributed by atoms with van der Waals surface area (Å²) in [4.78, 5) is 0. The standard InChI is InChI=1S/C11H13Cl3/c1-11(2,7-12)6-8-4-3-5-9(13)10(8)14/h3-5H,6-7H2,1-2H3. The second-order valence-corrected chi connectivity index (χ2v) is 5.24. The van der Waals surface area contributed by atoms with Gasteiger partial charge in [-0.3, -0.25) is 0 Å². The molecule has 0 bridgehead atoms. The van der Waals surface area contributed by atoms with E-state index >= 15 is 0 Å². The van der Waals surface area contributed by atoms with Gasteiger partial charge in [0.15, 0.2) is 0 Å². The van der Waals surface area contributed by atoms with Crippen molar-refractivity contribution in [2.75, 3.05) is 5.88 Å². The minimum absolute atomic E-state index is 0.0515. The molecule has 0 aliphatic rings. The average molecular weight is 252 g/mol. The van der Waals surface area contributed by atoms with Crippen molar-refractivity contribution in [1.29, 1.82) is 0 Å². The van der Waals surface area contributed by atoms with Gasteiger partial charge in [-0.15, -0.1) is 11.6 Å². The Balaban J connectivity index is 2.92. The molecule has 0 aliphatic heterocycles. The summed E-state index contributed by atoms with van der Waals surface area (Å²) in [5.74, 6) is 0.607. The molecule has 0 heterocycles. The van der Waals surface area contributed by atoms with Crippen LogP contribution in [0.5, 0.6) is 0 Å². The maximum absolute atomic E-state index is 6.08. The lowest BCUT2D eigenvalue weighted by atomic mass is 9.88. The minimum Gasteiger partial charge on any atom is -0.126 e. The third-order valence-electron chi connectivity index (χ3n) is 2.06. The highest BCUT2D eigenvalue weighted by Crippen LogP contribution is 2.31. The largest absolute Gasteiger partial charge is 0.126 e. The summed E-state index contributed by atoms with van der Waals surface area (Å²) in [5, 5.41) is 1.25.